The SMILES string of the molecule is O=C(Nn1cnnc1)c1ccccc1SCc1ccccc1. The molecule has 0 atom stereocenters. The van der Waals surface area contributed by atoms with Gasteiger partial charge in [-0.2, -0.15) is 0 Å². The lowest BCUT2D eigenvalue weighted by molar-refractivity contribution is 0.100. The molecule has 0 radical (unpaired) electrons. The Kier molecular flexibility index (Phi) is 4.50. The van der Waals surface area contributed by atoms with Gasteiger partial charge in [0.1, 0.15) is 12.7 Å². The lowest BCUT2D eigenvalue weighted by Crippen LogP contribution is -2.22. The van der Waals surface area contributed by atoms with Crippen LogP contribution in [0.5, 0.6) is 0 Å². The normalized spacial score (nSPS) is 10.4. The van der Waals surface area contributed by atoms with E-state index >= 15 is 0 Å². The number of amides is 1. The summed E-state index contributed by atoms with van der Waals surface area (Å²) >= 11 is 1.64. The highest BCUT2D eigenvalue weighted by Gasteiger charge is 2.11. The van der Waals surface area contributed by atoms with Gasteiger partial charge in [0.15, 0.2) is 0 Å². The molecule has 1 aromatic heterocycles. The molecule has 0 spiro atoms. The van der Waals surface area contributed by atoms with Crippen LogP contribution in [-0.2, 0) is 5.75 Å². The van der Waals surface area contributed by atoms with Gasteiger partial charge in [-0.1, -0.05) is 42.5 Å². The van der Waals surface area contributed by atoms with E-state index in [1.165, 1.54) is 22.9 Å². The maximum absolute atomic E-state index is 12.3. The highest BCUT2D eigenvalue weighted by molar-refractivity contribution is 7.98. The second-order valence-corrected chi connectivity index (χ2v) is 5.60. The van der Waals surface area contributed by atoms with E-state index in [-0.39, 0.29) is 5.91 Å². The fraction of sp³-hybridized carbons (Fsp3) is 0.0625. The van der Waals surface area contributed by atoms with Crippen molar-refractivity contribution in [3.05, 3.63) is 78.4 Å². The van der Waals surface area contributed by atoms with Crippen LogP contribution in [0, 0.1) is 0 Å². The van der Waals surface area contributed by atoms with Gasteiger partial charge in [-0.05, 0) is 17.7 Å². The van der Waals surface area contributed by atoms with Crippen molar-refractivity contribution in [1.82, 2.24) is 14.9 Å². The average Bonchev–Trinajstić information content (AvgIpc) is 3.07. The maximum Gasteiger partial charge on any atom is 0.271 e. The fourth-order valence-electron chi connectivity index (χ4n) is 1.95. The number of rotatable bonds is 5. The summed E-state index contributed by atoms with van der Waals surface area (Å²) in [6.07, 6.45) is 2.88. The number of aromatic nitrogens is 3. The summed E-state index contributed by atoms with van der Waals surface area (Å²) in [4.78, 5) is 13.3. The van der Waals surface area contributed by atoms with Gasteiger partial charge in [0.25, 0.3) is 5.91 Å². The average molecular weight is 310 g/mol. The topological polar surface area (TPSA) is 59.8 Å². The number of hydrogen-bond acceptors (Lipinski definition) is 4. The van der Waals surface area contributed by atoms with Crippen LogP contribution < -0.4 is 5.43 Å². The zero-order valence-corrected chi connectivity index (χ0v) is 12.5. The Morgan fingerprint density at radius 2 is 1.68 bits per heavy atom. The molecule has 0 saturated carbocycles. The van der Waals surface area contributed by atoms with E-state index in [4.69, 9.17) is 0 Å². The third kappa shape index (κ3) is 3.53. The highest BCUT2D eigenvalue weighted by Crippen LogP contribution is 2.26. The first-order valence-electron chi connectivity index (χ1n) is 6.74. The summed E-state index contributed by atoms with van der Waals surface area (Å²) in [7, 11) is 0. The smallest absolute Gasteiger partial charge is 0.267 e. The Morgan fingerprint density at radius 3 is 2.45 bits per heavy atom. The van der Waals surface area contributed by atoms with Crippen LogP contribution in [0.25, 0.3) is 0 Å². The number of carbonyl (C=O) groups excluding carboxylic acids is 1. The molecule has 5 nitrogen and oxygen atoms in total. The zero-order valence-electron chi connectivity index (χ0n) is 11.7. The summed E-state index contributed by atoms with van der Waals surface area (Å²) in [5.74, 6) is 0.633. The molecule has 3 aromatic rings. The predicted octanol–water partition coefficient (Wildman–Crippen LogP) is 2.95. The second kappa shape index (κ2) is 6.91. The van der Waals surface area contributed by atoms with Crippen molar-refractivity contribution in [2.45, 2.75) is 10.6 Å². The standard InChI is InChI=1S/C16H14N4OS/c21-16(19-20-11-17-18-12-20)14-8-4-5-9-15(14)22-10-13-6-2-1-3-7-13/h1-9,11-12H,10H2,(H,19,21). The zero-order chi connectivity index (χ0) is 15.2. The van der Waals surface area contributed by atoms with E-state index < -0.39 is 0 Å². The van der Waals surface area contributed by atoms with Gasteiger partial charge in [-0.15, -0.1) is 22.0 Å². The van der Waals surface area contributed by atoms with Gasteiger partial charge in [0.05, 0.1) is 5.56 Å². The molecule has 0 aliphatic rings. The van der Waals surface area contributed by atoms with E-state index in [2.05, 4.69) is 27.8 Å². The third-order valence-corrected chi connectivity index (χ3v) is 4.16. The molecule has 1 N–H and O–H groups in total. The summed E-state index contributed by atoms with van der Waals surface area (Å²) in [6, 6.07) is 17.7. The van der Waals surface area contributed by atoms with E-state index in [1.807, 2.05) is 42.5 Å². The van der Waals surface area contributed by atoms with Gasteiger partial charge in [-0.25, -0.2) is 4.68 Å². The quantitative estimate of drug-likeness (QED) is 0.736. The predicted molar refractivity (Wildman–Crippen MR) is 86.2 cm³/mol. The Bertz CT molecular complexity index is 744. The molecule has 2 aromatic carbocycles. The molecule has 110 valence electrons. The fourth-order valence-corrected chi connectivity index (χ4v) is 2.96. The van der Waals surface area contributed by atoms with Crippen LogP contribution >= 0.6 is 11.8 Å². The molecular weight excluding hydrogens is 296 g/mol. The number of nitrogens with one attached hydrogen (secondary N) is 1. The lowest BCUT2D eigenvalue weighted by atomic mass is 10.2. The van der Waals surface area contributed by atoms with Crippen molar-refractivity contribution in [1.29, 1.82) is 0 Å². The van der Waals surface area contributed by atoms with Gasteiger partial charge in [-0.3, -0.25) is 10.2 Å². The van der Waals surface area contributed by atoms with Gasteiger partial charge < -0.3 is 0 Å². The Labute approximate surface area is 132 Å². The highest BCUT2D eigenvalue weighted by atomic mass is 32.2. The van der Waals surface area contributed by atoms with Gasteiger partial charge in [0.2, 0.25) is 0 Å². The van der Waals surface area contributed by atoms with Crippen molar-refractivity contribution in [2.24, 2.45) is 0 Å². The summed E-state index contributed by atoms with van der Waals surface area (Å²) in [5.41, 5.74) is 4.58. The first kappa shape index (κ1) is 14.3. The Hall–Kier alpha value is -2.60. The van der Waals surface area contributed by atoms with Crippen LogP contribution in [0.3, 0.4) is 0 Å². The van der Waals surface area contributed by atoms with Gasteiger partial charge >= 0.3 is 0 Å². The molecule has 22 heavy (non-hydrogen) atoms. The van der Waals surface area contributed by atoms with E-state index in [1.54, 1.807) is 11.8 Å². The molecule has 1 amide bonds. The van der Waals surface area contributed by atoms with Gasteiger partial charge in [0, 0.05) is 10.6 Å². The van der Waals surface area contributed by atoms with Crippen molar-refractivity contribution in [3.63, 3.8) is 0 Å². The molecule has 0 saturated heterocycles. The number of carbonyl (C=O) groups is 1. The number of thioether (sulfide) groups is 1. The van der Waals surface area contributed by atoms with Crippen LogP contribution in [0.1, 0.15) is 15.9 Å². The van der Waals surface area contributed by atoms with Crippen molar-refractivity contribution < 1.29 is 4.79 Å². The first-order valence-corrected chi connectivity index (χ1v) is 7.73. The van der Waals surface area contributed by atoms with Crippen molar-refractivity contribution >= 4 is 17.7 Å². The van der Waals surface area contributed by atoms with Crippen molar-refractivity contribution in [2.75, 3.05) is 5.43 Å². The molecule has 1 heterocycles. The van der Waals surface area contributed by atoms with E-state index in [0.29, 0.717) is 5.56 Å². The number of benzene rings is 2. The summed E-state index contributed by atoms with van der Waals surface area (Å²) in [6.45, 7) is 0. The molecule has 0 bridgehead atoms. The molecule has 0 aliphatic heterocycles. The van der Waals surface area contributed by atoms with E-state index in [0.717, 1.165) is 10.6 Å². The Balaban J connectivity index is 1.73. The van der Waals surface area contributed by atoms with Crippen LogP contribution in [-0.4, -0.2) is 20.8 Å². The summed E-state index contributed by atoms with van der Waals surface area (Å²) in [5, 5.41) is 7.32. The molecule has 6 heteroatoms. The summed E-state index contributed by atoms with van der Waals surface area (Å²) < 4.78 is 1.43. The Morgan fingerprint density at radius 1 is 1.00 bits per heavy atom. The first-order chi connectivity index (χ1) is 10.8. The minimum atomic E-state index is -0.184. The minimum absolute atomic E-state index is 0.184. The monoisotopic (exact) mass is 310 g/mol. The molecule has 0 aliphatic carbocycles. The number of nitrogens with zero attached hydrogens (tertiary/aromatic N) is 3. The van der Waals surface area contributed by atoms with Crippen LogP contribution in [0.15, 0.2) is 72.1 Å². The largest absolute Gasteiger partial charge is 0.271 e. The molecular formula is C16H14N4OS. The molecule has 0 unspecified atom stereocenters. The van der Waals surface area contributed by atoms with E-state index in [9.17, 15) is 4.79 Å². The third-order valence-electron chi connectivity index (χ3n) is 3.02. The number of hydrogen-bond donors (Lipinski definition) is 1. The second-order valence-electron chi connectivity index (χ2n) is 4.58. The molecule has 3 rings (SSSR count). The minimum Gasteiger partial charge on any atom is -0.267 e. The van der Waals surface area contributed by atoms with Crippen LogP contribution in [0.2, 0.25) is 0 Å². The van der Waals surface area contributed by atoms with Crippen LogP contribution in [0.4, 0.5) is 0 Å². The van der Waals surface area contributed by atoms with Crippen molar-refractivity contribution in [3.8, 4) is 0 Å². The lowest BCUT2D eigenvalue weighted by Gasteiger charge is -2.09. The molecule has 0 fully saturated rings. The maximum atomic E-state index is 12.3.